The highest BCUT2D eigenvalue weighted by Crippen LogP contribution is 2.23. The van der Waals surface area contributed by atoms with Crippen LogP contribution in [0.2, 0.25) is 4.34 Å². The van der Waals surface area contributed by atoms with Gasteiger partial charge in [0.2, 0.25) is 5.88 Å². The maximum Gasteiger partial charge on any atom is 0.255 e. The Morgan fingerprint density at radius 1 is 1.33 bits per heavy atom. The molecule has 0 saturated heterocycles. The predicted molar refractivity (Wildman–Crippen MR) is 85.1 cm³/mol. The summed E-state index contributed by atoms with van der Waals surface area (Å²) in [5.41, 5.74) is 0.558. The highest BCUT2D eigenvalue weighted by Gasteiger charge is 2.16. The largest absolute Gasteiger partial charge is 0.478 e. The second-order valence-corrected chi connectivity index (χ2v) is 6.14. The molecule has 0 aliphatic heterocycles. The van der Waals surface area contributed by atoms with Gasteiger partial charge in [-0.25, -0.2) is 4.98 Å². The van der Waals surface area contributed by atoms with E-state index in [-0.39, 0.29) is 5.91 Å². The van der Waals surface area contributed by atoms with Gasteiger partial charge in [-0.2, -0.15) is 0 Å². The van der Waals surface area contributed by atoms with Crippen molar-refractivity contribution in [2.75, 3.05) is 13.2 Å². The predicted octanol–water partition coefficient (Wildman–Crippen LogP) is 3.86. The first-order valence-electron chi connectivity index (χ1n) is 6.76. The minimum absolute atomic E-state index is 0.0439. The molecule has 0 N–H and O–H groups in total. The van der Waals surface area contributed by atoms with Gasteiger partial charge in [0.25, 0.3) is 5.91 Å². The van der Waals surface area contributed by atoms with Crippen LogP contribution in [0.25, 0.3) is 0 Å². The molecule has 2 aromatic heterocycles. The molecule has 0 saturated carbocycles. The van der Waals surface area contributed by atoms with E-state index in [0.717, 1.165) is 9.21 Å². The van der Waals surface area contributed by atoms with Gasteiger partial charge in [0, 0.05) is 23.7 Å². The fourth-order valence-corrected chi connectivity index (χ4v) is 2.98. The van der Waals surface area contributed by atoms with Crippen LogP contribution >= 0.6 is 22.9 Å². The van der Waals surface area contributed by atoms with Crippen LogP contribution in [0.15, 0.2) is 30.5 Å². The van der Waals surface area contributed by atoms with Crippen LogP contribution < -0.4 is 4.74 Å². The number of thiophene rings is 1. The normalized spacial score (nSPS) is 10.4. The van der Waals surface area contributed by atoms with Crippen molar-refractivity contribution in [3.63, 3.8) is 0 Å². The molecule has 6 heteroatoms. The van der Waals surface area contributed by atoms with E-state index in [2.05, 4.69) is 4.98 Å². The third-order valence-electron chi connectivity index (χ3n) is 2.92. The van der Waals surface area contributed by atoms with Crippen molar-refractivity contribution < 1.29 is 9.53 Å². The van der Waals surface area contributed by atoms with Gasteiger partial charge in [-0.3, -0.25) is 4.79 Å². The highest BCUT2D eigenvalue weighted by atomic mass is 35.5. The van der Waals surface area contributed by atoms with E-state index in [0.29, 0.717) is 31.1 Å². The van der Waals surface area contributed by atoms with Crippen molar-refractivity contribution in [1.29, 1.82) is 0 Å². The van der Waals surface area contributed by atoms with Crippen LogP contribution in [0.4, 0.5) is 0 Å². The third kappa shape index (κ3) is 4.19. The molecule has 112 valence electrons. The molecule has 0 radical (unpaired) electrons. The van der Waals surface area contributed by atoms with Crippen LogP contribution in [0.5, 0.6) is 5.88 Å². The van der Waals surface area contributed by atoms with Crippen LogP contribution in [0.1, 0.15) is 29.1 Å². The van der Waals surface area contributed by atoms with Crippen LogP contribution in [-0.4, -0.2) is 28.9 Å². The lowest BCUT2D eigenvalue weighted by molar-refractivity contribution is 0.0753. The monoisotopic (exact) mass is 324 g/mol. The second kappa shape index (κ2) is 7.43. The zero-order valence-electron chi connectivity index (χ0n) is 12.0. The Morgan fingerprint density at radius 2 is 2.14 bits per heavy atom. The van der Waals surface area contributed by atoms with Crippen molar-refractivity contribution in [3.8, 4) is 5.88 Å². The molecule has 1 amide bonds. The van der Waals surface area contributed by atoms with Crippen LogP contribution in [-0.2, 0) is 6.54 Å². The second-order valence-electron chi connectivity index (χ2n) is 4.34. The quantitative estimate of drug-likeness (QED) is 0.810. The van der Waals surface area contributed by atoms with Crippen molar-refractivity contribution in [2.45, 2.75) is 20.4 Å². The number of nitrogens with zero attached hydrogens (tertiary/aromatic N) is 2. The zero-order valence-corrected chi connectivity index (χ0v) is 13.6. The molecule has 0 aliphatic rings. The SMILES string of the molecule is CCOc1ccc(C(=O)N(CC)Cc2ccc(Cl)s2)cn1. The number of carbonyl (C=O) groups is 1. The average Bonchev–Trinajstić information content (AvgIpc) is 2.90. The van der Waals surface area contributed by atoms with E-state index >= 15 is 0 Å². The minimum atomic E-state index is -0.0439. The van der Waals surface area contributed by atoms with Crippen molar-refractivity contribution in [1.82, 2.24) is 9.88 Å². The molecule has 0 fully saturated rings. The summed E-state index contributed by atoms with van der Waals surface area (Å²) in [6.07, 6.45) is 1.55. The number of amides is 1. The first-order chi connectivity index (χ1) is 10.1. The topological polar surface area (TPSA) is 42.4 Å². The first-order valence-corrected chi connectivity index (χ1v) is 7.95. The average molecular weight is 325 g/mol. The summed E-state index contributed by atoms with van der Waals surface area (Å²) in [6.45, 7) is 5.59. The van der Waals surface area contributed by atoms with Gasteiger partial charge in [-0.1, -0.05) is 11.6 Å². The summed E-state index contributed by atoms with van der Waals surface area (Å²) in [6, 6.07) is 7.24. The fourth-order valence-electron chi connectivity index (χ4n) is 1.87. The number of hydrogen-bond acceptors (Lipinski definition) is 4. The van der Waals surface area contributed by atoms with E-state index in [4.69, 9.17) is 16.3 Å². The van der Waals surface area contributed by atoms with Gasteiger partial charge in [0.15, 0.2) is 0 Å². The Kier molecular flexibility index (Phi) is 5.59. The Labute approximate surface area is 133 Å². The molecule has 2 aromatic rings. The maximum absolute atomic E-state index is 12.5. The van der Waals surface area contributed by atoms with Gasteiger partial charge >= 0.3 is 0 Å². The number of rotatable bonds is 6. The van der Waals surface area contributed by atoms with Crippen molar-refractivity contribution in [2.24, 2.45) is 0 Å². The summed E-state index contributed by atoms with van der Waals surface area (Å²) in [5, 5.41) is 0. The summed E-state index contributed by atoms with van der Waals surface area (Å²) in [7, 11) is 0. The molecule has 2 rings (SSSR count). The number of hydrogen-bond donors (Lipinski definition) is 0. The summed E-state index contributed by atoms with van der Waals surface area (Å²) in [4.78, 5) is 19.4. The van der Waals surface area contributed by atoms with E-state index < -0.39 is 0 Å². The number of ether oxygens (including phenoxy) is 1. The maximum atomic E-state index is 12.5. The molecule has 0 aliphatic carbocycles. The molecule has 21 heavy (non-hydrogen) atoms. The Bertz CT molecular complexity index is 598. The van der Waals surface area contributed by atoms with E-state index in [1.807, 2.05) is 26.0 Å². The molecule has 0 atom stereocenters. The molecule has 0 aromatic carbocycles. The van der Waals surface area contributed by atoms with Gasteiger partial charge in [-0.15, -0.1) is 11.3 Å². The number of pyridine rings is 1. The molecular formula is C15H17ClN2O2S. The Balaban J connectivity index is 2.08. The molecule has 0 spiro atoms. The lowest BCUT2D eigenvalue weighted by atomic mass is 10.2. The number of halogens is 1. The van der Waals surface area contributed by atoms with E-state index in [1.165, 1.54) is 11.3 Å². The molecule has 0 bridgehead atoms. The summed E-state index contributed by atoms with van der Waals surface area (Å²) in [5.74, 6) is 0.486. The van der Waals surface area contributed by atoms with Gasteiger partial charge in [-0.05, 0) is 32.0 Å². The fraction of sp³-hybridized carbons (Fsp3) is 0.333. The first kappa shape index (κ1) is 15.8. The van der Waals surface area contributed by atoms with E-state index in [1.54, 1.807) is 23.2 Å². The number of carbonyl (C=O) groups excluding carboxylic acids is 1. The molecule has 0 unspecified atom stereocenters. The third-order valence-corrected chi connectivity index (χ3v) is 4.14. The lowest BCUT2D eigenvalue weighted by Crippen LogP contribution is -2.30. The standard InChI is InChI=1S/C15H17ClN2O2S/c1-3-18(10-12-6-7-13(16)21-12)15(19)11-5-8-14(17-9-11)20-4-2/h5-9H,3-4,10H2,1-2H3. The molecular weight excluding hydrogens is 308 g/mol. The lowest BCUT2D eigenvalue weighted by Gasteiger charge is -2.20. The van der Waals surface area contributed by atoms with Crippen molar-refractivity contribution >= 4 is 28.8 Å². The number of aromatic nitrogens is 1. The van der Waals surface area contributed by atoms with Crippen LogP contribution in [0, 0.1) is 0 Å². The zero-order chi connectivity index (χ0) is 15.2. The van der Waals surface area contributed by atoms with Crippen LogP contribution in [0.3, 0.4) is 0 Å². The smallest absolute Gasteiger partial charge is 0.255 e. The summed E-state index contributed by atoms with van der Waals surface area (Å²) >= 11 is 7.41. The molecule has 2 heterocycles. The Hall–Kier alpha value is -1.59. The summed E-state index contributed by atoms with van der Waals surface area (Å²) < 4.78 is 6.01. The van der Waals surface area contributed by atoms with Gasteiger partial charge < -0.3 is 9.64 Å². The Morgan fingerprint density at radius 3 is 2.67 bits per heavy atom. The van der Waals surface area contributed by atoms with Crippen molar-refractivity contribution in [3.05, 3.63) is 45.2 Å². The molecule has 4 nitrogen and oxygen atoms in total. The highest BCUT2D eigenvalue weighted by molar-refractivity contribution is 7.16. The van der Waals surface area contributed by atoms with Gasteiger partial charge in [0.05, 0.1) is 23.1 Å². The van der Waals surface area contributed by atoms with Gasteiger partial charge in [0.1, 0.15) is 0 Å². The minimum Gasteiger partial charge on any atom is -0.478 e. The van der Waals surface area contributed by atoms with E-state index in [9.17, 15) is 4.79 Å².